The van der Waals surface area contributed by atoms with Gasteiger partial charge in [-0.3, -0.25) is 4.57 Å². The summed E-state index contributed by atoms with van der Waals surface area (Å²) >= 11 is 0. The van der Waals surface area contributed by atoms with Crippen LogP contribution < -0.4 is 0 Å². The largest absolute Gasteiger partial charge is 0.467 e. The maximum absolute atomic E-state index is 11.8. The molecule has 0 aromatic carbocycles. The van der Waals surface area contributed by atoms with Gasteiger partial charge in [-0.15, -0.1) is 6.58 Å². The van der Waals surface area contributed by atoms with Crippen molar-refractivity contribution in [3.8, 4) is 0 Å². The predicted molar refractivity (Wildman–Crippen MR) is 67.4 cm³/mol. The summed E-state index contributed by atoms with van der Waals surface area (Å²) in [5.74, 6) is -0.539. The molecule has 0 saturated heterocycles. The normalized spacial score (nSPS) is 14.9. The number of rotatable bonds is 9. The first-order chi connectivity index (χ1) is 8.37. The molecule has 1 unspecified atom stereocenters. The summed E-state index contributed by atoms with van der Waals surface area (Å²) in [6.07, 6.45) is 2.28. The standard InChI is InChI=1S/C11H21O6P/c1-6-7-8-11(2,10(12)14-3)17-9-18(13,15-4)16-5/h6H,1,7-9H2,2-5H3. The Bertz CT molecular complexity index is 321. The van der Waals surface area contributed by atoms with Crippen molar-refractivity contribution in [3.63, 3.8) is 0 Å². The van der Waals surface area contributed by atoms with Gasteiger partial charge >= 0.3 is 13.6 Å². The lowest BCUT2D eigenvalue weighted by Crippen LogP contribution is -2.39. The van der Waals surface area contributed by atoms with Crippen LogP contribution in [0.1, 0.15) is 19.8 Å². The number of hydrogen-bond donors (Lipinski definition) is 0. The van der Waals surface area contributed by atoms with E-state index in [0.717, 1.165) is 0 Å². The highest BCUT2D eigenvalue weighted by molar-refractivity contribution is 7.53. The van der Waals surface area contributed by atoms with Crippen LogP contribution in [0.15, 0.2) is 12.7 Å². The van der Waals surface area contributed by atoms with Gasteiger partial charge in [-0.2, -0.15) is 0 Å². The summed E-state index contributed by atoms with van der Waals surface area (Å²) in [4.78, 5) is 11.7. The zero-order chi connectivity index (χ0) is 14.2. The molecule has 7 heteroatoms. The Morgan fingerprint density at radius 3 is 2.28 bits per heavy atom. The van der Waals surface area contributed by atoms with E-state index in [4.69, 9.17) is 13.8 Å². The van der Waals surface area contributed by atoms with Crippen molar-refractivity contribution < 1.29 is 27.9 Å². The molecule has 1 atom stereocenters. The van der Waals surface area contributed by atoms with Crippen LogP contribution in [0.4, 0.5) is 0 Å². The Morgan fingerprint density at radius 2 is 1.89 bits per heavy atom. The molecule has 0 aliphatic carbocycles. The Kier molecular flexibility index (Phi) is 7.40. The van der Waals surface area contributed by atoms with Crippen molar-refractivity contribution in [2.24, 2.45) is 0 Å². The second kappa shape index (κ2) is 7.69. The fourth-order valence-corrected chi connectivity index (χ4v) is 2.03. The first-order valence-corrected chi connectivity index (χ1v) is 7.14. The van der Waals surface area contributed by atoms with Gasteiger partial charge in [0.1, 0.15) is 6.35 Å². The number of esters is 1. The first kappa shape index (κ1) is 17.3. The van der Waals surface area contributed by atoms with Gasteiger partial charge in [0.15, 0.2) is 5.60 Å². The Morgan fingerprint density at radius 1 is 1.33 bits per heavy atom. The van der Waals surface area contributed by atoms with E-state index in [1.165, 1.54) is 21.3 Å². The fourth-order valence-electron chi connectivity index (χ4n) is 1.23. The summed E-state index contributed by atoms with van der Waals surface area (Å²) in [5.41, 5.74) is -1.20. The summed E-state index contributed by atoms with van der Waals surface area (Å²) in [5, 5.41) is 0. The van der Waals surface area contributed by atoms with Gasteiger partial charge in [-0.05, 0) is 19.8 Å². The maximum atomic E-state index is 11.8. The van der Waals surface area contributed by atoms with E-state index in [-0.39, 0.29) is 6.35 Å². The summed E-state index contributed by atoms with van der Waals surface area (Å²) in [6.45, 7) is 5.15. The summed E-state index contributed by atoms with van der Waals surface area (Å²) in [6, 6.07) is 0. The molecular weight excluding hydrogens is 259 g/mol. The van der Waals surface area contributed by atoms with Crippen molar-refractivity contribution >= 4 is 13.6 Å². The molecule has 0 aromatic heterocycles. The van der Waals surface area contributed by atoms with Crippen LogP contribution >= 0.6 is 7.60 Å². The van der Waals surface area contributed by atoms with Crippen LogP contribution in [0, 0.1) is 0 Å². The number of carbonyl (C=O) groups is 1. The monoisotopic (exact) mass is 280 g/mol. The number of allylic oxidation sites excluding steroid dienone is 1. The van der Waals surface area contributed by atoms with E-state index in [1.807, 2.05) is 0 Å². The highest BCUT2D eigenvalue weighted by Gasteiger charge is 2.37. The average molecular weight is 280 g/mol. The van der Waals surface area contributed by atoms with Crippen LogP contribution in [0.5, 0.6) is 0 Å². The second-order valence-corrected chi connectivity index (χ2v) is 6.01. The van der Waals surface area contributed by atoms with Gasteiger partial charge in [-0.1, -0.05) is 6.08 Å². The van der Waals surface area contributed by atoms with Crippen molar-refractivity contribution in [2.45, 2.75) is 25.4 Å². The molecule has 0 aliphatic rings. The highest BCUT2D eigenvalue weighted by atomic mass is 31.2. The molecule has 0 spiro atoms. The highest BCUT2D eigenvalue weighted by Crippen LogP contribution is 2.47. The molecule has 0 radical (unpaired) electrons. The van der Waals surface area contributed by atoms with Crippen LogP contribution in [0.3, 0.4) is 0 Å². The van der Waals surface area contributed by atoms with E-state index in [9.17, 15) is 9.36 Å². The minimum atomic E-state index is -3.32. The fraction of sp³-hybridized carbons (Fsp3) is 0.727. The molecule has 0 bridgehead atoms. The molecular formula is C11H21O6P. The lowest BCUT2D eigenvalue weighted by molar-refractivity contribution is -0.166. The van der Waals surface area contributed by atoms with E-state index >= 15 is 0 Å². The van der Waals surface area contributed by atoms with Crippen molar-refractivity contribution in [2.75, 3.05) is 27.7 Å². The molecule has 0 aliphatic heterocycles. The lowest BCUT2D eigenvalue weighted by Gasteiger charge is -2.27. The van der Waals surface area contributed by atoms with E-state index in [1.54, 1.807) is 13.0 Å². The maximum Gasteiger partial charge on any atom is 0.355 e. The van der Waals surface area contributed by atoms with Gasteiger partial charge in [-0.25, -0.2) is 4.79 Å². The molecule has 0 rings (SSSR count). The third-order valence-corrected chi connectivity index (χ3v) is 4.10. The van der Waals surface area contributed by atoms with E-state index < -0.39 is 19.2 Å². The molecule has 0 heterocycles. The molecule has 0 fully saturated rings. The number of hydrogen-bond acceptors (Lipinski definition) is 6. The smallest absolute Gasteiger partial charge is 0.355 e. The van der Waals surface area contributed by atoms with Crippen molar-refractivity contribution in [1.29, 1.82) is 0 Å². The SMILES string of the molecule is C=CCCC(C)(OCP(=O)(OC)OC)C(=O)OC. The minimum absolute atomic E-state index is 0.317. The molecule has 6 nitrogen and oxygen atoms in total. The third kappa shape index (κ3) is 4.90. The van der Waals surface area contributed by atoms with Crippen LogP contribution in [0.2, 0.25) is 0 Å². The van der Waals surface area contributed by atoms with Crippen molar-refractivity contribution in [1.82, 2.24) is 0 Å². The molecule has 0 aromatic rings. The molecule has 0 saturated carbocycles. The second-order valence-electron chi connectivity index (χ2n) is 3.80. The molecule has 0 amide bonds. The Balaban J connectivity index is 4.74. The van der Waals surface area contributed by atoms with Crippen molar-refractivity contribution in [3.05, 3.63) is 12.7 Å². The summed E-state index contributed by atoms with van der Waals surface area (Å²) in [7, 11) is 0.466. The first-order valence-electron chi connectivity index (χ1n) is 5.41. The van der Waals surface area contributed by atoms with E-state index in [2.05, 4.69) is 11.3 Å². The quantitative estimate of drug-likeness (QED) is 0.367. The zero-order valence-corrected chi connectivity index (χ0v) is 12.2. The van der Waals surface area contributed by atoms with Crippen LogP contribution in [0.25, 0.3) is 0 Å². The Labute approximate surface area is 108 Å². The van der Waals surface area contributed by atoms with E-state index in [0.29, 0.717) is 12.8 Å². The lowest BCUT2D eigenvalue weighted by atomic mass is 10.0. The van der Waals surface area contributed by atoms with Gasteiger partial charge in [0.05, 0.1) is 7.11 Å². The number of methoxy groups -OCH3 is 1. The third-order valence-electron chi connectivity index (χ3n) is 2.54. The zero-order valence-electron chi connectivity index (χ0n) is 11.3. The predicted octanol–water partition coefficient (Wildman–Crippen LogP) is 2.34. The topological polar surface area (TPSA) is 71.1 Å². The van der Waals surface area contributed by atoms with Crippen LogP contribution in [-0.4, -0.2) is 39.2 Å². The molecule has 106 valence electrons. The number of carbonyl (C=O) groups excluding carboxylic acids is 1. The van der Waals surface area contributed by atoms with Gasteiger partial charge in [0.25, 0.3) is 0 Å². The minimum Gasteiger partial charge on any atom is -0.467 e. The molecule has 18 heavy (non-hydrogen) atoms. The van der Waals surface area contributed by atoms with Gasteiger partial charge < -0.3 is 18.5 Å². The van der Waals surface area contributed by atoms with Gasteiger partial charge in [0, 0.05) is 14.2 Å². The Hall–Kier alpha value is -0.680. The average Bonchev–Trinajstić information content (AvgIpc) is 2.41. The van der Waals surface area contributed by atoms with Gasteiger partial charge in [0.2, 0.25) is 0 Å². The number of ether oxygens (including phenoxy) is 2. The summed E-state index contributed by atoms with van der Waals surface area (Å²) < 4.78 is 31.4. The molecule has 0 N–H and O–H groups in total. The van der Waals surface area contributed by atoms with Crippen LogP contribution in [-0.2, 0) is 27.9 Å².